The first kappa shape index (κ1) is 6.09. The van der Waals surface area contributed by atoms with Gasteiger partial charge in [-0.2, -0.15) is 0 Å². The molecule has 0 aromatic heterocycles. The molecule has 0 aromatic rings. The fourth-order valence-corrected chi connectivity index (χ4v) is 1.51. The minimum atomic E-state index is 0.824. The maximum absolute atomic E-state index is 2.42. The van der Waals surface area contributed by atoms with Gasteiger partial charge in [0.15, 0.2) is 0 Å². The van der Waals surface area contributed by atoms with Crippen LogP contribution >= 0.6 is 0 Å². The van der Waals surface area contributed by atoms with Gasteiger partial charge in [-0.1, -0.05) is 6.92 Å². The molecule has 1 fully saturated rings. The molecule has 1 saturated heterocycles. The van der Waals surface area contributed by atoms with Crippen LogP contribution in [0.2, 0.25) is 0 Å². The Hall–Kier alpha value is -0.0400. The summed E-state index contributed by atoms with van der Waals surface area (Å²) in [6.45, 7) is 5.91. The monoisotopic (exact) mass is 113 g/mol. The predicted octanol–water partition coefficient (Wildman–Crippen LogP) is 1.35. The van der Waals surface area contributed by atoms with E-state index >= 15 is 0 Å². The van der Waals surface area contributed by atoms with E-state index in [0.717, 1.165) is 12.0 Å². The van der Waals surface area contributed by atoms with Crippen molar-refractivity contribution in [2.24, 2.45) is 5.92 Å². The van der Waals surface area contributed by atoms with Gasteiger partial charge in [0.2, 0.25) is 0 Å². The van der Waals surface area contributed by atoms with Crippen molar-refractivity contribution in [3.05, 3.63) is 0 Å². The molecule has 0 amide bonds. The van der Waals surface area contributed by atoms with Crippen molar-refractivity contribution in [2.45, 2.75) is 26.3 Å². The Bertz CT molecular complexity index is 70.5. The number of nitrogens with zero attached hydrogens (tertiary/aromatic N) is 1. The van der Waals surface area contributed by atoms with Crippen LogP contribution in [0.25, 0.3) is 0 Å². The van der Waals surface area contributed by atoms with Gasteiger partial charge in [-0.3, -0.25) is 0 Å². The van der Waals surface area contributed by atoms with Crippen LogP contribution in [0.5, 0.6) is 0 Å². The molecular formula is C7H15N. The Balaban J connectivity index is 2.39. The number of likely N-dealkylation sites (tertiary alicyclic amines) is 1. The molecular weight excluding hydrogens is 98.1 g/mol. The standard InChI is InChI=1S/C7H15N/c1-6-4-7(2)8(3)5-6/h6-7H,4-5H2,1-3H3/t6-,7?/m0/s1. The van der Waals surface area contributed by atoms with Gasteiger partial charge in [0.1, 0.15) is 0 Å². The zero-order valence-electron chi connectivity index (χ0n) is 6.02. The molecule has 1 aliphatic rings. The third-order valence-corrected chi connectivity index (χ3v) is 2.10. The Morgan fingerprint density at radius 1 is 1.38 bits per heavy atom. The highest BCUT2D eigenvalue weighted by molar-refractivity contribution is 4.76. The van der Waals surface area contributed by atoms with Crippen LogP contribution in [0.15, 0.2) is 0 Å². The lowest BCUT2D eigenvalue weighted by Gasteiger charge is -2.12. The topological polar surface area (TPSA) is 3.24 Å². The first-order valence-electron chi connectivity index (χ1n) is 3.40. The first-order valence-corrected chi connectivity index (χ1v) is 3.40. The fourth-order valence-electron chi connectivity index (χ4n) is 1.51. The van der Waals surface area contributed by atoms with Gasteiger partial charge in [-0.25, -0.2) is 0 Å². The summed E-state index contributed by atoms with van der Waals surface area (Å²) in [6, 6.07) is 0.824. The summed E-state index contributed by atoms with van der Waals surface area (Å²) in [7, 11) is 2.20. The lowest BCUT2D eigenvalue weighted by Crippen LogP contribution is -2.21. The molecule has 1 heterocycles. The van der Waals surface area contributed by atoms with Crippen molar-refractivity contribution >= 4 is 0 Å². The molecule has 0 saturated carbocycles. The van der Waals surface area contributed by atoms with Crippen molar-refractivity contribution < 1.29 is 0 Å². The lowest BCUT2D eigenvalue weighted by molar-refractivity contribution is 0.327. The average Bonchev–Trinajstić information content (AvgIpc) is 1.85. The zero-order valence-corrected chi connectivity index (χ0v) is 6.02. The molecule has 1 nitrogen and oxygen atoms in total. The van der Waals surface area contributed by atoms with Crippen molar-refractivity contribution in [3.63, 3.8) is 0 Å². The largest absolute Gasteiger partial charge is 0.303 e. The smallest absolute Gasteiger partial charge is 0.00670 e. The van der Waals surface area contributed by atoms with E-state index in [0.29, 0.717) is 0 Å². The van der Waals surface area contributed by atoms with Crippen LogP contribution in [0.3, 0.4) is 0 Å². The van der Waals surface area contributed by atoms with Gasteiger partial charge in [0.25, 0.3) is 0 Å². The SMILES string of the molecule is CC1C[C@H](C)CN1C. The van der Waals surface area contributed by atoms with E-state index in [1.165, 1.54) is 13.0 Å². The van der Waals surface area contributed by atoms with E-state index in [1.807, 2.05) is 0 Å². The molecule has 1 unspecified atom stereocenters. The number of rotatable bonds is 0. The summed E-state index contributed by atoms with van der Waals surface area (Å²) in [5.41, 5.74) is 0. The minimum Gasteiger partial charge on any atom is -0.303 e. The summed E-state index contributed by atoms with van der Waals surface area (Å²) in [5, 5.41) is 0. The van der Waals surface area contributed by atoms with E-state index in [9.17, 15) is 0 Å². The average molecular weight is 113 g/mol. The van der Waals surface area contributed by atoms with Crippen LogP contribution in [0, 0.1) is 5.92 Å². The van der Waals surface area contributed by atoms with Crippen LogP contribution < -0.4 is 0 Å². The maximum atomic E-state index is 2.42. The van der Waals surface area contributed by atoms with Crippen LogP contribution in [0.1, 0.15) is 20.3 Å². The second-order valence-electron chi connectivity index (χ2n) is 3.13. The minimum absolute atomic E-state index is 0.824. The summed E-state index contributed by atoms with van der Waals surface area (Å²) >= 11 is 0. The third-order valence-electron chi connectivity index (χ3n) is 2.10. The van der Waals surface area contributed by atoms with E-state index < -0.39 is 0 Å². The summed E-state index contributed by atoms with van der Waals surface area (Å²) < 4.78 is 0. The van der Waals surface area contributed by atoms with E-state index in [4.69, 9.17) is 0 Å². The normalized spacial score (nSPS) is 40.9. The quantitative estimate of drug-likeness (QED) is 0.458. The van der Waals surface area contributed by atoms with Crippen molar-refractivity contribution in [1.82, 2.24) is 4.90 Å². The fraction of sp³-hybridized carbons (Fsp3) is 1.00. The van der Waals surface area contributed by atoms with E-state index in [1.54, 1.807) is 0 Å². The summed E-state index contributed by atoms with van der Waals surface area (Å²) in [6.07, 6.45) is 1.39. The Labute approximate surface area is 51.7 Å². The molecule has 48 valence electrons. The summed E-state index contributed by atoms with van der Waals surface area (Å²) in [5.74, 6) is 0.926. The highest BCUT2D eigenvalue weighted by atomic mass is 15.1. The first-order chi connectivity index (χ1) is 3.70. The second-order valence-corrected chi connectivity index (χ2v) is 3.13. The lowest BCUT2D eigenvalue weighted by atomic mass is 10.1. The van der Waals surface area contributed by atoms with Crippen molar-refractivity contribution in [2.75, 3.05) is 13.6 Å². The van der Waals surface area contributed by atoms with Crippen LogP contribution in [-0.4, -0.2) is 24.5 Å². The van der Waals surface area contributed by atoms with Crippen molar-refractivity contribution in [1.29, 1.82) is 0 Å². The third kappa shape index (κ3) is 1.03. The molecule has 0 radical (unpaired) electrons. The van der Waals surface area contributed by atoms with Crippen LogP contribution in [0.4, 0.5) is 0 Å². The van der Waals surface area contributed by atoms with Crippen LogP contribution in [-0.2, 0) is 0 Å². The van der Waals surface area contributed by atoms with E-state index in [-0.39, 0.29) is 0 Å². The Morgan fingerprint density at radius 2 is 2.00 bits per heavy atom. The van der Waals surface area contributed by atoms with E-state index in [2.05, 4.69) is 25.8 Å². The number of hydrogen-bond acceptors (Lipinski definition) is 1. The Kier molecular flexibility index (Phi) is 1.57. The highest BCUT2D eigenvalue weighted by Gasteiger charge is 2.21. The zero-order chi connectivity index (χ0) is 6.15. The molecule has 1 heteroatoms. The molecule has 8 heavy (non-hydrogen) atoms. The molecule has 0 N–H and O–H groups in total. The van der Waals surface area contributed by atoms with Gasteiger partial charge < -0.3 is 4.90 Å². The maximum Gasteiger partial charge on any atom is 0.00670 e. The molecule has 0 spiro atoms. The molecule has 0 bridgehead atoms. The van der Waals surface area contributed by atoms with Gasteiger partial charge in [-0.05, 0) is 26.3 Å². The second kappa shape index (κ2) is 2.06. The molecule has 2 atom stereocenters. The summed E-state index contributed by atoms with van der Waals surface area (Å²) in [4.78, 5) is 2.42. The molecule has 0 aromatic carbocycles. The Morgan fingerprint density at radius 3 is 2.12 bits per heavy atom. The molecule has 1 aliphatic heterocycles. The molecule has 1 rings (SSSR count). The van der Waals surface area contributed by atoms with Gasteiger partial charge in [0.05, 0.1) is 0 Å². The predicted molar refractivity (Wildman–Crippen MR) is 35.9 cm³/mol. The van der Waals surface area contributed by atoms with Gasteiger partial charge >= 0.3 is 0 Å². The van der Waals surface area contributed by atoms with Gasteiger partial charge in [0, 0.05) is 12.6 Å². The number of hydrogen-bond donors (Lipinski definition) is 0. The van der Waals surface area contributed by atoms with Crippen molar-refractivity contribution in [3.8, 4) is 0 Å². The highest BCUT2D eigenvalue weighted by Crippen LogP contribution is 2.19. The van der Waals surface area contributed by atoms with Gasteiger partial charge in [-0.15, -0.1) is 0 Å². The molecule has 0 aliphatic carbocycles.